The van der Waals surface area contributed by atoms with Crippen molar-refractivity contribution in [1.82, 2.24) is 0 Å². The number of aliphatic hydroxyl groups excluding tert-OH is 1. The van der Waals surface area contributed by atoms with Gasteiger partial charge in [-0.25, -0.2) is 4.79 Å². The normalized spacial score (nSPS) is 23.8. The number of ether oxygens (including phenoxy) is 2. The predicted molar refractivity (Wildman–Crippen MR) is 46.4 cm³/mol. The maximum Gasteiger partial charge on any atom is 0.508 e. The molecule has 1 saturated heterocycles. The highest BCUT2D eigenvalue weighted by molar-refractivity contribution is 5.61. The van der Waals surface area contributed by atoms with Gasteiger partial charge in [0.2, 0.25) is 0 Å². The Morgan fingerprint density at radius 3 is 2.92 bits per heavy atom. The van der Waals surface area contributed by atoms with E-state index in [1.54, 1.807) is 0 Å². The lowest BCUT2D eigenvalue weighted by Gasteiger charge is -2.13. The van der Waals surface area contributed by atoms with Crippen molar-refractivity contribution < 1.29 is 19.4 Å². The maximum absolute atomic E-state index is 10.5. The highest BCUT2D eigenvalue weighted by Crippen LogP contribution is 2.15. The quantitative estimate of drug-likeness (QED) is 0.524. The Hall–Kier alpha value is -0.770. The van der Waals surface area contributed by atoms with Crippen molar-refractivity contribution in [3.05, 3.63) is 0 Å². The molecule has 0 spiro atoms. The van der Waals surface area contributed by atoms with Crippen molar-refractivity contribution in [2.24, 2.45) is 0 Å². The third kappa shape index (κ3) is 3.22. The largest absolute Gasteiger partial charge is 0.508 e. The van der Waals surface area contributed by atoms with Crippen LogP contribution in [-0.2, 0) is 9.47 Å². The Balaban J connectivity index is 2.15. The van der Waals surface area contributed by atoms with E-state index in [4.69, 9.17) is 4.74 Å². The monoisotopic (exact) mass is 188 g/mol. The summed E-state index contributed by atoms with van der Waals surface area (Å²) in [5.41, 5.74) is 0. The molecule has 2 atom stereocenters. The molecule has 0 bridgehead atoms. The summed E-state index contributed by atoms with van der Waals surface area (Å²) in [6.07, 6.45) is 2.16. The van der Waals surface area contributed by atoms with Crippen LogP contribution in [0.25, 0.3) is 0 Å². The third-order valence-corrected chi connectivity index (χ3v) is 2.15. The van der Waals surface area contributed by atoms with Gasteiger partial charge in [0.25, 0.3) is 0 Å². The minimum atomic E-state index is -0.667. The van der Waals surface area contributed by atoms with Crippen LogP contribution in [0.3, 0.4) is 0 Å². The first-order valence-electron chi connectivity index (χ1n) is 4.75. The smallest absolute Gasteiger partial charge is 0.430 e. The van der Waals surface area contributed by atoms with Gasteiger partial charge < -0.3 is 14.6 Å². The molecule has 1 N–H and O–H groups in total. The van der Waals surface area contributed by atoms with Crippen LogP contribution in [0.4, 0.5) is 4.79 Å². The van der Waals surface area contributed by atoms with Crippen molar-refractivity contribution in [2.75, 3.05) is 6.61 Å². The van der Waals surface area contributed by atoms with Gasteiger partial charge in [-0.2, -0.15) is 0 Å². The summed E-state index contributed by atoms with van der Waals surface area (Å²) in [6, 6.07) is 0. The fourth-order valence-corrected chi connectivity index (χ4v) is 1.32. The average molecular weight is 188 g/mol. The van der Waals surface area contributed by atoms with Crippen LogP contribution in [0.1, 0.15) is 32.6 Å². The molecule has 4 heteroatoms. The Kier molecular flexibility index (Phi) is 4.02. The first-order chi connectivity index (χ1) is 6.24. The number of carbonyl (C=O) groups is 1. The van der Waals surface area contributed by atoms with E-state index < -0.39 is 18.4 Å². The van der Waals surface area contributed by atoms with Crippen LogP contribution in [0, 0.1) is 0 Å². The van der Waals surface area contributed by atoms with Gasteiger partial charge in [-0.1, -0.05) is 26.2 Å². The van der Waals surface area contributed by atoms with Crippen molar-refractivity contribution in [1.29, 1.82) is 0 Å². The molecule has 1 fully saturated rings. The summed E-state index contributed by atoms with van der Waals surface area (Å²) in [7, 11) is 0. The molecule has 0 aromatic rings. The van der Waals surface area contributed by atoms with Gasteiger partial charge in [-0.15, -0.1) is 0 Å². The number of cyclic esters (lactones) is 2. The first kappa shape index (κ1) is 10.3. The lowest BCUT2D eigenvalue weighted by Crippen LogP contribution is -2.27. The van der Waals surface area contributed by atoms with E-state index in [0.717, 1.165) is 19.3 Å². The molecule has 1 rings (SSSR count). The third-order valence-electron chi connectivity index (χ3n) is 2.15. The second-order valence-corrected chi connectivity index (χ2v) is 3.28. The van der Waals surface area contributed by atoms with E-state index in [0.29, 0.717) is 6.42 Å². The van der Waals surface area contributed by atoms with Gasteiger partial charge in [-0.05, 0) is 6.42 Å². The predicted octanol–water partition coefficient (Wildman–Crippen LogP) is 1.46. The summed E-state index contributed by atoms with van der Waals surface area (Å²) in [6.45, 7) is 2.29. The Morgan fingerprint density at radius 2 is 2.38 bits per heavy atom. The second-order valence-electron chi connectivity index (χ2n) is 3.28. The van der Waals surface area contributed by atoms with Crippen molar-refractivity contribution in [3.8, 4) is 0 Å². The van der Waals surface area contributed by atoms with Crippen molar-refractivity contribution in [2.45, 2.75) is 44.8 Å². The number of aliphatic hydroxyl groups is 1. The lowest BCUT2D eigenvalue weighted by atomic mass is 10.1. The summed E-state index contributed by atoms with van der Waals surface area (Å²) < 4.78 is 9.31. The molecule has 0 unspecified atom stereocenters. The van der Waals surface area contributed by atoms with E-state index in [1.165, 1.54) is 0 Å². The maximum atomic E-state index is 10.5. The molecule has 0 saturated carbocycles. The molecule has 76 valence electrons. The summed E-state index contributed by atoms with van der Waals surface area (Å²) in [4.78, 5) is 10.5. The molecule has 0 amide bonds. The standard InChI is InChI=1S/C9H16O4/c1-2-3-4-5-7(10)8-6-12-9(11)13-8/h7-8,10H,2-6H2,1H3/t7-,8-/m0/s1. The molecule has 0 aromatic carbocycles. The number of hydrogen-bond acceptors (Lipinski definition) is 4. The van der Waals surface area contributed by atoms with E-state index >= 15 is 0 Å². The molecule has 1 heterocycles. The zero-order valence-electron chi connectivity index (χ0n) is 7.86. The Morgan fingerprint density at radius 1 is 1.62 bits per heavy atom. The van der Waals surface area contributed by atoms with Gasteiger partial charge in [0.1, 0.15) is 6.61 Å². The summed E-state index contributed by atoms with van der Waals surface area (Å²) in [5, 5.41) is 9.54. The van der Waals surface area contributed by atoms with E-state index in [9.17, 15) is 9.90 Å². The summed E-state index contributed by atoms with van der Waals surface area (Å²) in [5.74, 6) is 0. The van der Waals surface area contributed by atoms with Gasteiger partial charge in [0.05, 0.1) is 6.10 Å². The minimum absolute atomic E-state index is 0.187. The van der Waals surface area contributed by atoms with Crippen LogP contribution in [0.15, 0.2) is 0 Å². The molecule has 1 aliphatic rings. The van der Waals surface area contributed by atoms with Crippen LogP contribution >= 0.6 is 0 Å². The molecule has 0 radical (unpaired) electrons. The van der Waals surface area contributed by atoms with Crippen LogP contribution in [0.2, 0.25) is 0 Å². The molecular formula is C9H16O4. The molecule has 1 aliphatic heterocycles. The number of rotatable bonds is 5. The van der Waals surface area contributed by atoms with E-state index in [2.05, 4.69) is 11.7 Å². The van der Waals surface area contributed by atoms with Crippen LogP contribution in [0.5, 0.6) is 0 Å². The Labute approximate surface area is 77.8 Å². The molecule has 0 aliphatic carbocycles. The number of carbonyl (C=O) groups excluding carboxylic acids is 1. The fourth-order valence-electron chi connectivity index (χ4n) is 1.32. The average Bonchev–Trinajstić information content (AvgIpc) is 2.52. The van der Waals surface area contributed by atoms with E-state index in [1.807, 2.05) is 0 Å². The van der Waals surface area contributed by atoms with Crippen molar-refractivity contribution in [3.63, 3.8) is 0 Å². The molecule has 13 heavy (non-hydrogen) atoms. The van der Waals surface area contributed by atoms with Gasteiger partial charge in [-0.3, -0.25) is 0 Å². The van der Waals surface area contributed by atoms with E-state index in [-0.39, 0.29) is 6.61 Å². The zero-order chi connectivity index (χ0) is 9.68. The van der Waals surface area contributed by atoms with Crippen molar-refractivity contribution >= 4 is 6.16 Å². The molecular weight excluding hydrogens is 172 g/mol. The molecule has 0 aromatic heterocycles. The van der Waals surface area contributed by atoms with Crippen LogP contribution in [-0.4, -0.2) is 30.1 Å². The first-order valence-corrected chi connectivity index (χ1v) is 4.75. The fraction of sp³-hybridized carbons (Fsp3) is 0.889. The van der Waals surface area contributed by atoms with Gasteiger partial charge in [0, 0.05) is 0 Å². The lowest BCUT2D eigenvalue weighted by molar-refractivity contribution is 0.0266. The Bertz CT molecular complexity index is 169. The second kappa shape index (κ2) is 5.07. The zero-order valence-corrected chi connectivity index (χ0v) is 7.86. The minimum Gasteiger partial charge on any atom is -0.430 e. The number of unbranched alkanes of at least 4 members (excludes halogenated alkanes) is 2. The molecule has 4 nitrogen and oxygen atoms in total. The summed E-state index contributed by atoms with van der Waals surface area (Å²) >= 11 is 0. The SMILES string of the molecule is CCCCC[C@H](O)[C@@H]1COC(=O)O1. The topological polar surface area (TPSA) is 55.8 Å². The van der Waals surface area contributed by atoms with Crippen LogP contribution < -0.4 is 0 Å². The highest BCUT2D eigenvalue weighted by atomic mass is 16.8. The van der Waals surface area contributed by atoms with Gasteiger partial charge in [0.15, 0.2) is 6.10 Å². The van der Waals surface area contributed by atoms with Gasteiger partial charge >= 0.3 is 6.16 Å². The number of hydrogen-bond donors (Lipinski definition) is 1. The highest BCUT2D eigenvalue weighted by Gasteiger charge is 2.30.